The average molecular weight is 205 g/mol. The second-order valence-electron chi connectivity index (χ2n) is 3.87. The number of carbonyl (C=O) groups excluding carboxylic acids is 1. The zero-order valence-electron chi connectivity index (χ0n) is 8.79. The summed E-state index contributed by atoms with van der Waals surface area (Å²) in [7, 11) is 0. The van der Waals surface area contributed by atoms with Crippen LogP contribution in [0.15, 0.2) is 12.1 Å². The average Bonchev–Trinajstić information content (AvgIpc) is 3.00. The maximum atomic E-state index is 11.7. The molecule has 1 aromatic heterocycles. The molecule has 1 saturated carbocycles. The van der Waals surface area contributed by atoms with Gasteiger partial charge < -0.3 is 11.1 Å². The van der Waals surface area contributed by atoms with Gasteiger partial charge >= 0.3 is 0 Å². The van der Waals surface area contributed by atoms with Crippen molar-refractivity contribution in [3.05, 3.63) is 23.4 Å². The molecule has 4 nitrogen and oxygen atoms in total. The van der Waals surface area contributed by atoms with Gasteiger partial charge in [-0.3, -0.25) is 4.79 Å². The van der Waals surface area contributed by atoms with Crippen LogP contribution in [0.2, 0.25) is 0 Å². The number of rotatable bonds is 3. The van der Waals surface area contributed by atoms with E-state index in [0.717, 1.165) is 25.0 Å². The number of nitrogens with zero attached hydrogens (tertiary/aromatic N) is 1. The second-order valence-corrected chi connectivity index (χ2v) is 3.87. The zero-order chi connectivity index (χ0) is 10.8. The van der Waals surface area contributed by atoms with Crippen LogP contribution in [0.4, 0.5) is 5.82 Å². The predicted octanol–water partition coefficient (Wildman–Crippen LogP) is 1.12. The minimum atomic E-state index is -0.0405. The van der Waals surface area contributed by atoms with Crippen molar-refractivity contribution in [3.8, 4) is 0 Å². The van der Waals surface area contributed by atoms with Gasteiger partial charge in [-0.25, -0.2) is 4.98 Å². The highest BCUT2D eigenvalue weighted by atomic mass is 16.1. The summed E-state index contributed by atoms with van der Waals surface area (Å²) < 4.78 is 0. The van der Waals surface area contributed by atoms with Crippen molar-refractivity contribution in [2.45, 2.75) is 32.2 Å². The first-order valence-electron chi connectivity index (χ1n) is 5.26. The predicted molar refractivity (Wildman–Crippen MR) is 58.5 cm³/mol. The van der Waals surface area contributed by atoms with E-state index in [4.69, 9.17) is 5.73 Å². The molecule has 1 fully saturated rings. The van der Waals surface area contributed by atoms with E-state index < -0.39 is 0 Å². The molecule has 3 N–H and O–H groups in total. The number of hydrogen-bond acceptors (Lipinski definition) is 3. The molecule has 4 heteroatoms. The number of nitrogens with one attached hydrogen (secondary N) is 1. The van der Waals surface area contributed by atoms with Crippen molar-refractivity contribution >= 4 is 11.7 Å². The van der Waals surface area contributed by atoms with Crippen molar-refractivity contribution in [1.82, 2.24) is 10.3 Å². The van der Waals surface area contributed by atoms with Gasteiger partial charge in [-0.2, -0.15) is 0 Å². The Morgan fingerprint density at radius 3 is 2.93 bits per heavy atom. The summed E-state index contributed by atoms with van der Waals surface area (Å²) in [5.41, 5.74) is 7.10. The van der Waals surface area contributed by atoms with Gasteiger partial charge in [0.1, 0.15) is 5.82 Å². The van der Waals surface area contributed by atoms with Gasteiger partial charge in [0, 0.05) is 17.3 Å². The lowest BCUT2D eigenvalue weighted by molar-refractivity contribution is 0.0951. The SMILES string of the molecule is CCc1cc(C(=O)NC2CC2)cc(N)n1. The molecule has 0 radical (unpaired) electrons. The van der Waals surface area contributed by atoms with Gasteiger partial charge in [0.2, 0.25) is 0 Å². The van der Waals surface area contributed by atoms with Crippen LogP contribution in [0.3, 0.4) is 0 Å². The number of carbonyl (C=O) groups is 1. The highest BCUT2D eigenvalue weighted by Crippen LogP contribution is 2.19. The minimum Gasteiger partial charge on any atom is -0.384 e. The Hall–Kier alpha value is -1.58. The van der Waals surface area contributed by atoms with Crippen LogP contribution in [0, 0.1) is 0 Å². The first-order valence-corrected chi connectivity index (χ1v) is 5.26. The van der Waals surface area contributed by atoms with Crippen molar-refractivity contribution in [2.75, 3.05) is 5.73 Å². The lowest BCUT2D eigenvalue weighted by Gasteiger charge is -2.05. The normalized spacial score (nSPS) is 15.0. The Kier molecular flexibility index (Phi) is 2.58. The molecule has 0 atom stereocenters. The third-order valence-corrected chi connectivity index (χ3v) is 2.44. The van der Waals surface area contributed by atoms with E-state index in [0.29, 0.717) is 17.4 Å². The third-order valence-electron chi connectivity index (χ3n) is 2.44. The molecule has 1 aliphatic rings. The largest absolute Gasteiger partial charge is 0.384 e. The summed E-state index contributed by atoms with van der Waals surface area (Å²) in [6, 6.07) is 3.79. The Labute approximate surface area is 88.9 Å². The smallest absolute Gasteiger partial charge is 0.251 e. The summed E-state index contributed by atoms with van der Waals surface area (Å²) in [6.07, 6.45) is 2.97. The van der Waals surface area contributed by atoms with E-state index in [-0.39, 0.29) is 5.91 Å². The summed E-state index contributed by atoms with van der Waals surface area (Å²) in [4.78, 5) is 15.8. The molecule has 2 rings (SSSR count). The first kappa shape index (κ1) is 9.96. The standard InChI is InChI=1S/C11H15N3O/c1-2-8-5-7(6-10(12)13-8)11(15)14-9-3-4-9/h5-6,9H,2-4H2,1H3,(H2,12,13)(H,14,15). The van der Waals surface area contributed by atoms with E-state index in [1.807, 2.05) is 6.92 Å². The highest BCUT2D eigenvalue weighted by molar-refractivity contribution is 5.95. The summed E-state index contributed by atoms with van der Waals surface area (Å²) in [5.74, 6) is 0.372. The fourth-order valence-corrected chi connectivity index (χ4v) is 1.42. The van der Waals surface area contributed by atoms with E-state index in [9.17, 15) is 4.79 Å². The van der Waals surface area contributed by atoms with Gasteiger partial charge in [0.05, 0.1) is 0 Å². The molecule has 0 aromatic carbocycles. The van der Waals surface area contributed by atoms with E-state index in [1.54, 1.807) is 12.1 Å². The van der Waals surface area contributed by atoms with Crippen LogP contribution in [-0.2, 0) is 6.42 Å². The molecule has 0 aliphatic heterocycles. The quantitative estimate of drug-likeness (QED) is 0.777. The number of aromatic nitrogens is 1. The molecule has 0 unspecified atom stereocenters. The van der Waals surface area contributed by atoms with Crippen LogP contribution in [0.1, 0.15) is 35.8 Å². The lowest BCUT2D eigenvalue weighted by atomic mass is 10.2. The van der Waals surface area contributed by atoms with Crippen molar-refractivity contribution in [3.63, 3.8) is 0 Å². The molecule has 15 heavy (non-hydrogen) atoms. The maximum Gasteiger partial charge on any atom is 0.251 e. The van der Waals surface area contributed by atoms with Crippen molar-refractivity contribution < 1.29 is 4.79 Å². The number of amides is 1. The molecule has 1 heterocycles. The molecule has 0 saturated heterocycles. The minimum absolute atomic E-state index is 0.0405. The van der Waals surface area contributed by atoms with Gasteiger partial charge in [0.15, 0.2) is 0 Å². The van der Waals surface area contributed by atoms with Gasteiger partial charge in [-0.1, -0.05) is 6.92 Å². The molecule has 1 amide bonds. The summed E-state index contributed by atoms with van der Waals surface area (Å²) >= 11 is 0. The molecule has 0 spiro atoms. The van der Waals surface area contributed by atoms with Gasteiger partial charge in [-0.15, -0.1) is 0 Å². The summed E-state index contributed by atoms with van der Waals surface area (Å²) in [6.45, 7) is 1.99. The van der Waals surface area contributed by atoms with Gasteiger partial charge in [0.25, 0.3) is 5.91 Å². The van der Waals surface area contributed by atoms with Crippen molar-refractivity contribution in [1.29, 1.82) is 0 Å². The number of nitrogen functional groups attached to an aromatic ring is 1. The third kappa shape index (κ3) is 2.46. The molecule has 1 aromatic rings. The van der Waals surface area contributed by atoms with Crippen LogP contribution >= 0.6 is 0 Å². The van der Waals surface area contributed by atoms with E-state index in [1.165, 1.54) is 0 Å². The highest BCUT2D eigenvalue weighted by Gasteiger charge is 2.23. The number of pyridine rings is 1. The molecular formula is C11H15N3O. The Bertz CT molecular complexity index is 385. The lowest BCUT2D eigenvalue weighted by Crippen LogP contribution is -2.25. The monoisotopic (exact) mass is 205 g/mol. The Morgan fingerprint density at radius 2 is 2.33 bits per heavy atom. The number of aryl methyl sites for hydroxylation is 1. The first-order chi connectivity index (χ1) is 7.19. The molecule has 0 bridgehead atoms. The second kappa shape index (κ2) is 3.88. The number of nitrogens with two attached hydrogens (primary N) is 1. The van der Waals surface area contributed by atoms with Crippen LogP contribution in [-0.4, -0.2) is 16.9 Å². The molecular weight excluding hydrogens is 190 g/mol. The van der Waals surface area contributed by atoms with Gasteiger partial charge in [-0.05, 0) is 31.4 Å². The van der Waals surface area contributed by atoms with Crippen LogP contribution in [0.25, 0.3) is 0 Å². The molecule has 1 aliphatic carbocycles. The Morgan fingerprint density at radius 1 is 1.60 bits per heavy atom. The fraction of sp³-hybridized carbons (Fsp3) is 0.455. The van der Waals surface area contributed by atoms with Crippen LogP contribution in [0.5, 0.6) is 0 Å². The van der Waals surface area contributed by atoms with Crippen LogP contribution < -0.4 is 11.1 Å². The summed E-state index contributed by atoms with van der Waals surface area (Å²) in [5, 5.41) is 2.93. The van der Waals surface area contributed by atoms with E-state index >= 15 is 0 Å². The number of hydrogen-bond donors (Lipinski definition) is 2. The van der Waals surface area contributed by atoms with E-state index in [2.05, 4.69) is 10.3 Å². The fourth-order valence-electron chi connectivity index (χ4n) is 1.42. The molecule has 80 valence electrons. The Balaban J connectivity index is 2.17. The zero-order valence-corrected chi connectivity index (χ0v) is 8.79. The van der Waals surface area contributed by atoms with Crippen molar-refractivity contribution in [2.24, 2.45) is 0 Å². The maximum absolute atomic E-state index is 11.7. The number of anilines is 1. The topological polar surface area (TPSA) is 68.0 Å².